The Morgan fingerprint density at radius 2 is 1.80 bits per heavy atom. The van der Waals surface area contributed by atoms with Crippen molar-refractivity contribution in [3.63, 3.8) is 0 Å². The summed E-state index contributed by atoms with van der Waals surface area (Å²) in [7, 11) is 0. The van der Waals surface area contributed by atoms with Crippen LogP contribution in [0.5, 0.6) is 0 Å². The number of hydrogen-bond acceptors (Lipinski definition) is 0. The van der Waals surface area contributed by atoms with Gasteiger partial charge in [-0.3, -0.25) is 0 Å². The minimum atomic E-state index is 0. The average molecular weight is 250 g/mol. The molecule has 0 saturated heterocycles. The smallest absolute Gasteiger partial charge is 0 e. The molecule has 0 fully saturated rings. The van der Waals surface area contributed by atoms with Gasteiger partial charge in [-0.1, -0.05) is 25.2 Å². The minimum Gasteiger partial charge on any atom is -0.147 e. The van der Waals surface area contributed by atoms with Crippen molar-refractivity contribution >= 4 is 12.4 Å². The van der Waals surface area contributed by atoms with E-state index in [2.05, 4.69) is 25.7 Å². The molecule has 0 amide bonds. The second kappa shape index (κ2) is 16.2. The van der Waals surface area contributed by atoms with Gasteiger partial charge in [-0.05, 0) is 19.3 Å². The van der Waals surface area contributed by atoms with E-state index in [1.165, 1.54) is 0 Å². The maximum absolute atomic E-state index is 3.62. The maximum atomic E-state index is 3.62. The topological polar surface area (TPSA) is 0 Å². The first-order chi connectivity index (χ1) is 3.91. The quantitative estimate of drug-likeness (QED) is 0.407. The van der Waals surface area contributed by atoms with E-state index in [4.69, 9.17) is 0 Å². The molecule has 0 spiro atoms. The molecule has 0 aromatic rings. The van der Waals surface area contributed by atoms with Gasteiger partial charge >= 0.3 is 0 Å². The molecule has 0 aliphatic heterocycles. The molecule has 0 heterocycles. The van der Waals surface area contributed by atoms with E-state index in [-0.39, 0.29) is 31.9 Å². The summed E-state index contributed by atoms with van der Waals surface area (Å²) in [4.78, 5) is 0. The zero-order valence-corrected chi connectivity index (χ0v) is 8.76. The Morgan fingerprint density at radius 1 is 1.20 bits per heavy atom. The fraction of sp³-hybridized carbons (Fsp3) is 0.500. The molecular formula is C8H15ClRh. The number of allylic oxidation sites excluding steroid dienone is 3. The fourth-order valence-electron chi connectivity index (χ4n) is 0.499. The molecular weight excluding hydrogens is 234 g/mol. The second-order valence-corrected chi connectivity index (χ2v) is 1.75. The maximum Gasteiger partial charge on any atom is 0 e. The van der Waals surface area contributed by atoms with Crippen LogP contribution in [-0.2, 0) is 19.5 Å². The van der Waals surface area contributed by atoms with Gasteiger partial charge in [0, 0.05) is 19.5 Å². The molecule has 0 bridgehead atoms. The summed E-state index contributed by atoms with van der Waals surface area (Å²) in [6.45, 7) is 5.77. The largest absolute Gasteiger partial charge is 0.147 e. The van der Waals surface area contributed by atoms with Gasteiger partial charge in [0.15, 0.2) is 0 Å². The third-order valence-electron chi connectivity index (χ3n) is 0.940. The standard InChI is InChI=1S/C8H14.ClH.Rh/c1-3-5-7-8-6-4-2;;/h3,6,8H,1,4-5,7H2,2H3;1H;/b8-6+;;. The van der Waals surface area contributed by atoms with Crippen LogP contribution in [0, 0.1) is 0 Å². The third-order valence-corrected chi connectivity index (χ3v) is 0.940. The summed E-state index contributed by atoms with van der Waals surface area (Å²) in [5, 5.41) is 0. The van der Waals surface area contributed by atoms with Gasteiger partial charge in [0.1, 0.15) is 0 Å². The van der Waals surface area contributed by atoms with Crippen molar-refractivity contribution in [2.75, 3.05) is 0 Å². The van der Waals surface area contributed by atoms with Gasteiger partial charge in [-0.25, -0.2) is 0 Å². The molecule has 0 rings (SSSR count). The van der Waals surface area contributed by atoms with Gasteiger partial charge in [-0.15, -0.1) is 19.0 Å². The summed E-state index contributed by atoms with van der Waals surface area (Å²) in [5.41, 5.74) is 0. The summed E-state index contributed by atoms with van der Waals surface area (Å²) in [6, 6.07) is 0. The summed E-state index contributed by atoms with van der Waals surface area (Å²) in [5.74, 6) is 0. The Kier molecular flexibility index (Phi) is 27.2. The van der Waals surface area contributed by atoms with E-state index in [1.54, 1.807) is 0 Å². The molecule has 0 aliphatic rings. The Hall–Kier alpha value is 0.393. The van der Waals surface area contributed by atoms with Crippen LogP contribution in [0.15, 0.2) is 24.8 Å². The van der Waals surface area contributed by atoms with Gasteiger partial charge in [0.05, 0.1) is 0 Å². The summed E-state index contributed by atoms with van der Waals surface area (Å²) in [6.07, 6.45) is 9.73. The Labute approximate surface area is 83.0 Å². The Morgan fingerprint density at radius 3 is 2.20 bits per heavy atom. The molecule has 0 aromatic heterocycles. The zero-order valence-electron chi connectivity index (χ0n) is 6.30. The van der Waals surface area contributed by atoms with Crippen LogP contribution in [-0.4, -0.2) is 0 Å². The van der Waals surface area contributed by atoms with Crippen LogP contribution in [0.3, 0.4) is 0 Å². The normalized spacial score (nSPS) is 8.10. The molecule has 0 unspecified atom stereocenters. The number of hydrogen-bond donors (Lipinski definition) is 0. The molecule has 10 heavy (non-hydrogen) atoms. The van der Waals surface area contributed by atoms with Crippen LogP contribution in [0.4, 0.5) is 0 Å². The van der Waals surface area contributed by atoms with E-state index < -0.39 is 0 Å². The molecule has 0 saturated carbocycles. The van der Waals surface area contributed by atoms with Crippen molar-refractivity contribution < 1.29 is 19.5 Å². The molecule has 0 aromatic carbocycles. The molecule has 0 atom stereocenters. The van der Waals surface area contributed by atoms with E-state index in [0.29, 0.717) is 0 Å². The molecule has 63 valence electrons. The van der Waals surface area contributed by atoms with E-state index in [1.807, 2.05) is 6.08 Å². The number of unbranched alkanes of at least 4 members (excludes halogenated alkanes) is 1. The van der Waals surface area contributed by atoms with Gasteiger partial charge < -0.3 is 0 Å². The first kappa shape index (κ1) is 16.8. The van der Waals surface area contributed by atoms with Crippen molar-refractivity contribution in [2.24, 2.45) is 0 Å². The van der Waals surface area contributed by atoms with Gasteiger partial charge in [0.25, 0.3) is 0 Å². The SMILES string of the molecule is C=CCC/C=C/CC.Cl.[Rh]. The van der Waals surface area contributed by atoms with Gasteiger partial charge in [-0.2, -0.15) is 0 Å². The first-order valence-electron chi connectivity index (χ1n) is 3.17. The van der Waals surface area contributed by atoms with Crippen LogP contribution in [0.2, 0.25) is 0 Å². The van der Waals surface area contributed by atoms with Crippen molar-refractivity contribution in [3.8, 4) is 0 Å². The zero-order chi connectivity index (χ0) is 6.24. The van der Waals surface area contributed by atoms with Crippen LogP contribution in [0.1, 0.15) is 26.2 Å². The van der Waals surface area contributed by atoms with Crippen molar-refractivity contribution in [1.82, 2.24) is 0 Å². The van der Waals surface area contributed by atoms with E-state index >= 15 is 0 Å². The van der Waals surface area contributed by atoms with Crippen molar-refractivity contribution in [1.29, 1.82) is 0 Å². The van der Waals surface area contributed by atoms with Gasteiger partial charge in [0.2, 0.25) is 0 Å². The molecule has 2 heteroatoms. The summed E-state index contributed by atoms with van der Waals surface area (Å²) >= 11 is 0. The molecule has 1 radical (unpaired) electrons. The monoisotopic (exact) mass is 249 g/mol. The van der Waals surface area contributed by atoms with Crippen LogP contribution < -0.4 is 0 Å². The van der Waals surface area contributed by atoms with E-state index in [9.17, 15) is 0 Å². The Bertz CT molecular complexity index is 79.3. The number of rotatable bonds is 4. The van der Waals surface area contributed by atoms with Crippen molar-refractivity contribution in [3.05, 3.63) is 24.8 Å². The molecule has 0 N–H and O–H groups in total. The van der Waals surface area contributed by atoms with Crippen LogP contribution in [0.25, 0.3) is 0 Å². The van der Waals surface area contributed by atoms with E-state index in [0.717, 1.165) is 19.3 Å². The fourth-order valence-corrected chi connectivity index (χ4v) is 0.499. The third kappa shape index (κ3) is 15.8. The Balaban J connectivity index is -0.000000245. The molecule has 0 nitrogen and oxygen atoms in total. The summed E-state index contributed by atoms with van der Waals surface area (Å²) < 4.78 is 0. The average Bonchev–Trinajstić information content (AvgIpc) is 1.81. The van der Waals surface area contributed by atoms with Crippen LogP contribution >= 0.6 is 12.4 Å². The minimum absolute atomic E-state index is 0. The van der Waals surface area contributed by atoms with Crippen molar-refractivity contribution in [2.45, 2.75) is 26.2 Å². The second-order valence-electron chi connectivity index (χ2n) is 1.75. The number of halogens is 1. The molecule has 0 aliphatic carbocycles. The first-order valence-corrected chi connectivity index (χ1v) is 3.17. The predicted octanol–water partition coefficient (Wildman–Crippen LogP) is 3.34. The predicted molar refractivity (Wildman–Crippen MR) is 46.1 cm³/mol.